The third-order valence-electron chi connectivity index (χ3n) is 3.37. The highest BCUT2D eigenvalue weighted by molar-refractivity contribution is 8.00. The van der Waals surface area contributed by atoms with E-state index >= 15 is 0 Å². The summed E-state index contributed by atoms with van der Waals surface area (Å²) in [5, 5.41) is 4.41. The fourth-order valence-corrected chi connectivity index (χ4v) is 3.59. The lowest BCUT2D eigenvalue weighted by molar-refractivity contribution is -0.124. The van der Waals surface area contributed by atoms with E-state index < -0.39 is 5.54 Å². The second-order valence-electron chi connectivity index (χ2n) is 5.43. The first-order valence-corrected chi connectivity index (χ1v) is 7.25. The Morgan fingerprint density at radius 3 is 2.65 bits per heavy atom. The van der Waals surface area contributed by atoms with Crippen molar-refractivity contribution in [2.75, 3.05) is 13.2 Å². The van der Waals surface area contributed by atoms with Crippen molar-refractivity contribution in [3.05, 3.63) is 0 Å². The van der Waals surface area contributed by atoms with Crippen LogP contribution in [0.25, 0.3) is 0 Å². The molecule has 17 heavy (non-hydrogen) atoms. The fourth-order valence-electron chi connectivity index (χ4n) is 2.15. The Hall–Kier alpha value is -0.260. The molecule has 1 heterocycles. The Kier molecular flexibility index (Phi) is 4.00. The number of ether oxygens (including phenoxy) is 1. The molecule has 5 heteroatoms. The van der Waals surface area contributed by atoms with Gasteiger partial charge in [-0.05, 0) is 26.2 Å². The molecular weight excluding hydrogens is 236 g/mol. The lowest BCUT2D eigenvalue weighted by Gasteiger charge is -2.33. The molecule has 0 aromatic heterocycles. The molecular formula is C12H22N2O2S. The van der Waals surface area contributed by atoms with E-state index in [-0.39, 0.29) is 5.91 Å². The third kappa shape index (κ3) is 3.60. The maximum atomic E-state index is 11.6. The molecule has 2 rings (SSSR count). The van der Waals surface area contributed by atoms with Crippen molar-refractivity contribution in [3.63, 3.8) is 0 Å². The Balaban J connectivity index is 1.83. The lowest BCUT2D eigenvalue weighted by atomic mass is 9.95. The molecule has 0 radical (unpaired) electrons. The lowest BCUT2D eigenvalue weighted by Crippen LogP contribution is -2.55. The zero-order valence-corrected chi connectivity index (χ0v) is 11.4. The van der Waals surface area contributed by atoms with Crippen LogP contribution in [0, 0.1) is 0 Å². The van der Waals surface area contributed by atoms with Gasteiger partial charge in [-0.25, -0.2) is 0 Å². The number of nitrogens with one attached hydrogen (secondary N) is 1. The van der Waals surface area contributed by atoms with E-state index in [1.54, 1.807) is 0 Å². The first kappa shape index (κ1) is 13.2. The molecule has 1 saturated heterocycles. The van der Waals surface area contributed by atoms with Gasteiger partial charge in [0.1, 0.15) is 0 Å². The molecule has 3 N–H and O–H groups in total. The van der Waals surface area contributed by atoms with Gasteiger partial charge in [0.25, 0.3) is 0 Å². The van der Waals surface area contributed by atoms with Crippen LogP contribution < -0.4 is 11.1 Å². The summed E-state index contributed by atoms with van der Waals surface area (Å²) >= 11 is 1.91. The van der Waals surface area contributed by atoms with Crippen LogP contribution in [-0.2, 0) is 9.53 Å². The van der Waals surface area contributed by atoms with Crippen molar-refractivity contribution in [1.29, 1.82) is 0 Å². The molecule has 1 aliphatic heterocycles. The van der Waals surface area contributed by atoms with Crippen molar-refractivity contribution < 1.29 is 9.53 Å². The van der Waals surface area contributed by atoms with E-state index in [1.807, 2.05) is 18.7 Å². The van der Waals surface area contributed by atoms with Gasteiger partial charge in [0, 0.05) is 11.3 Å². The Bertz CT molecular complexity index is 292. The van der Waals surface area contributed by atoms with Gasteiger partial charge in [0.2, 0.25) is 5.91 Å². The van der Waals surface area contributed by atoms with Crippen molar-refractivity contribution in [1.82, 2.24) is 5.32 Å². The van der Waals surface area contributed by atoms with Crippen molar-refractivity contribution in [2.45, 2.75) is 55.2 Å². The highest BCUT2D eigenvalue weighted by atomic mass is 32.2. The van der Waals surface area contributed by atoms with Crippen molar-refractivity contribution >= 4 is 17.7 Å². The summed E-state index contributed by atoms with van der Waals surface area (Å²) in [6.45, 7) is 5.79. The van der Waals surface area contributed by atoms with Crippen molar-refractivity contribution in [3.8, 4) is 0 Å². The van der Waals surface area contributed by atoms with E-state index in [0.717, 1.165) is 19.6 Å². The van der Waals surface area contributed by atoms with E-state index in [0.29, 0.717) is 16.5 Å². The summed E-state index contributed by atoms with van der Waals surface area (Å²) in [4.78, 5) is 11.6. The first-order valence-electron chi connectivity index (χ1n) is 6.30. The second kappa shape index (κ2) is 5.16. The highest BCUT2D eigenvalue weighted by Gasteiger charge is 2.38. The second-order valence-corrected chi connectivity index (χ2v) is 7.17. The normalized spacial score (nSPS) is 26.0. The quantitative estimate of drug-likeness (QED) is 0.712. The molecule has 2 aliphatic rings. The number of rotatable bonds is 7. The van der Waals surface area contributed by atoms with Gasteiger partial charge in [0.05, 0.1) is 24.0 Å². The number of amides is 1. The standard InChI is InChI=1S/C12H22N2O2S/c1-8(17-10-6-16-7-10)5-12(2,11(13)15)14-9-3-4-9/h8-10,14H,3-7H2,1-2H3,(H2,13,15). The first-order chi connectivity index (χ1) is 7.99. The van der Waals surface area contributed by atoms with Crippen LogP contribution >= 0.6 is 11.8 Å². The smallest absolute Gasteiger partial charge is 0.237 e. The maximum Gasteiger partial charge on any atom is 0.237 e. The predicted octanol–water partition coefficient (Wildman–Crippen LogP) is 0.893. The van der Waals surface area contributed by atoms with Gasteiger partial charge in [-0.15, -0.1) is 0 Å². The van der Waals surface area contributed by atoms with E-state index in [1.165, 1.54) is 12.8 Å². The molecule has 1 aliphatic carbocycles. The molecule has 4 nitrogen and oxygen atoms in total. The minimum Gasteiger partial charge on any atom is -0.379 e. The van der Waals surface area contributed by atoms with Crippen LogP contribution in [-0.4, -0.2) is 41.2 Å². The van der Waals surface area contributed by atoms with Crippen LogP contribution in [0.5, 0.6) is 0 Å². The summed E-state index contributed by atoms with van der Waals surface area (Å²) in [6.07, 6.45) is 3.13. The number of thioether (sulfide) groups is 1. The molecule has 1 amide bonds. The monoisotopic (exact) mass is 258 g/mol. The number of nitrogens with two attached hydrogens (primary N) is 1. The van der Waals surface area contributed by atoms with Gasteiger partial charge < -0.3 is 15.8 Å². The van der Waals surface area contributed by atoms with Gasteiger partial charge in [0.15, 0.2) is 0 Å². The van der Waals surface area contributed by atoms with E-state index in [9.17, 15) is 4.79 Å². The molecule has 0 bridgehead atoms. The summed E-state index contributed by atoms with van der Waals surface area (Å²) in [7, 11) is 0. The van der Waals surface area contributed by atoms with Crippen molar-refractivity contribution in [2.24, 2.45) is 5.73 Å². The number of hydrogen-bond acceptors (Lipinski definition) is 4. The number of carbonyl (C=O) groups excluding carboxylic acids is 1. The maximum absolute atomic E-state index is 11.6. The Labute approximate surface area is 107 Å². The topological polar surface area (TPSA) is 64.3 Å². The Morgan fingerprint density at radius 2 is 2.24 bits per heavy atom. The zero-order valence-electron chi connectivity index (χ0n) is 10.6. The predicted molar refractivity (Wildman–Crippen MR) is 70.0 cm³/mol. The summed E-state index contributed by atoms with van der Waals surface area (Å²) in [5.74, 6) is -0.235. The average molecular weight is 258 g/mol. The Morgan fingerprint density at radius 1 is 1.59 bits per heavy atom. The molecule has 2 atom stereocenters. The molecule has 2 unspecified atom stereocenters. The summed E-state index contributed by atoms with van der Waals surface area (Å²) in [6, 6.07) is 0.497. The van der Waals surface area contributed by atoms with Crippen LogP contribution in [0.1, 0.15) is 33.1 Å². The highest BCUT2D eigenvalue weighted by Crippen LogP contribution is 2.31. The third-order valence-corrected chi connectivity index (χ3v) is 4.66. The SMILES string of the molecule is CC(CC(C)(NC1CC1)C(N)=O)SC1COC1. The molecule has 0 spiro atoms. The van der Waals surface area contributed by atoms with Crippen LogP contribution in [0.15, 0.2) is 0 Å². The average Bonchev–Trinajstić information content (AvgIpc) is 2.94. The summed E-state index contributed by atoms with van der Waals surface area (Å²) in [5.41, 5.74) is 4.98. The van der Waals surface area contributed by atoms with Crippen LogP contribution in [0.2, 0.25) is 0 Å². The van der Waals surface area contributed by atoms with E-state index in [4.69, 9.17) is 10.5 Å². The van der Waals surface area contributed by atoms with Gasteiger partial charge in [-0.2, -0.15) is 11.8 Å². The van der Waals surface area contributed by atoms with E-state index in [2.05, 4.69) is 12.2 Å². The molecule has 2 fully saturated rings. The molecule has 0 aromatic rings. The fraction of sp³-hybridized carbons (Fsp3) is 0.917. The van der Waals surface area contributed by atoms with Crippen LogP contribution in [0.4, 0.5) is 0 Å². The zero-order chi connectivity index (χ0) is 12.5. The van der Waals surface area contributed by atoms with Gasteiger partial charge in [-0.3, -0.25) is 4.79 Å². The largest absolute Gasteiger partial charge is 0.379 e. The minimum atomic E-state index is -0.557. The van der Waals surface area contributed by atoms with Crippen LogP contribution in [0.3, 0.4) is 0 Å². The molecule has 98 valence electrons. The number of hydrogen-bond donors (Lipinski definition) is 2. The minimum absolute atomic E-state index is 0.235. The molecule has 0 aromatic carbocycles. The summed E-state index contributed by atoms with van der Waals surface area (Å²) < 4.78 is 5.16. The number of carbonyl (C=O) groups is 1. The van der Waals surface area contributed by atoms with Gasteiger partial charge >= 0.3 is 0 Å². The van der Waals surface area contributed by atoms with Gasteiger partial charge in [-0.1, -0.05) is 6.92 Å². The molecule has 1 saturated carbocycles. The number of primary amides is 1.